The summed E-state index contributed by atoms with van der Waals surface area (Å²) >= 11 is 0. The van der Waals surface area contributed by atoms with Crippen LogP contribution in [0.2, 0.25) is 0 Å². The zero-order valence-electron chi connectivity index (χ0n) is 8.45. The van der Waals surface area contributed by atoms with Crippen LogP contribution >= 0.6 is 0 Å². The molecule has 1 aliphatic rings. The monoisotopic (exact) mass is 266 g/mol. The molecule has 0 bridgehead atoms. The van der Waals surface area contributed by atoms with E-state index in [-0.39, 0.29) is 4.90 Å². The lowest BCUT2D eigenvalue weighted by Crippen LogP contribution is -2.51. The average molecular weight is 266 g/mol. The molecule has 1 fully saturated rings. The van der Waals surface area contributed by atoms with Gasteiger partial charge < -0.3 is 4.90 Å². The van der Waals surface area contributed by atoms with Crippen LogP contribution in [0.5, 0.6) is 0 Å². The highest BCUT2D eigenvalue weighted by Gasteiger charge is 2.39. The number of hydrogen-bond donors (Lipinski definition) is 0. The zero-order valence-corrected chi connectivity index (χ0v) is 8.45. The van der Waals surface area contributed by atoms with Gasteiger partial charge >= 0.3 is 12.5 Å². The summed E-state index contributed by atoms with van der Waals surface area (Å²) < 4.78 is 84.8. The van der Waals surface area contributed by atoms with Crippen LogP contribution in [0.3, 0.4) is 0 Å². The van der Waals surface area contributed by atoms with E-state index in [1.165, 1.54) is 0 Å². The Bertz CT molecular complexity index is 285. The highest BCUT2D eigenvalue weighted by molar-refractivity contribution is 4.98. The van der Waals surface area contributed by atoms with Crippen molar-refractivity contribution in [3.8, 4) is 0 Å². The minimum absolute atomic E-state index is 0.129. The summed E-state index contributed by atoms with van der Waals surface area (Å²) in [6.07, 6.45) is -9.90. The second kappa shape index (κ2) is 4.71. The molecule has 1 saturated heterocycles. The first-order chi connectivity index (χ1) is 7.59. The minimum atomic E-state index is -4.81. The van der Waals surface area contributed by atoms with Gasteiger partial charge in [-0.1, -0.05) is 0 Å². The fraction of sp³-hybridized carbons (Fsp3) is 0.750. The molecule has 9 heteroatoms. The Balaban J connectivity index is 2.56. The van der Waals surface area contributed by atoms with Crippen molar-refractivity contribution in [2.75, 3.05) is 26.2 Å². The van der Waals surface area contributed by atoms with Crippen LogP contribution in [-0.2, 0) is 0 Å². The molecule has 0 aromatic heterocycles. The Kier molecular flexibility index (Phi) is 3.90. The molecule has 1 heterocycles. The number of halogens is 7. The van der Waals surface area contributed by atoms with Crippen molar-refractivity contribution >= 4 is 0 Å². The molecule has 2 nitrogen and oxygen atoms in total. The summed E-state index contributed by atoms with van der Waals surface area (Å²) in [5.74, 6) is -1.56. The highest BCUT2D eigenvalue weighted by Crippen LogP contribution is 2.25. The molecule has 0 aromatic carbocycles. The Hall–Kier alpha value is -0.990. The summed E-state index contributed by atoms with van der Waals surface area (Å²) in [6.45, 7) is -1.97. The fourth-order valence-electron chi connectivity index (χ4n) is 1.40. The number of hydrogen-bond acceptors (Lipinski definition) is 2. The van der Waals surface area contributed by atoms with Crippen LogP contribution in [0.15, 0.2) is 12.0 Å². The van der Waals surface area contributed by atoms with Gasteiger partial charge in [0, 0.05) is 26.2 Å². The topological polar surface area (TPSA) is 6.48 Å². The molecule has 0 aliphatic carbocycles. The third-order valence-electron chi connectivity index (χ3n) is 2.22. The lowest BCUT2D eigenvalue weighted by molar-refractivity contribution is -0.252. The molecule has 0 aromatic rings. The van der Waals surface area contributed by atoms with Gasteiger partial charge in [0.05, 0.1) is 6.08 Å². The van der Waals surface area contributed by atoms with Crippen molar-refractivity contribution in [1.82, 2.24) is 9.80 Å². The van der Waals surface area contributed by atoms with Crippen LogP contribution in [0, 0.1) is 0 Å². The summed E-state index contributed by atoms with van der Waals surface area (Å²) in [6, 6.07) is 0. The number of nitrogens with zero attached hydrogens (tertiary/aromatic N) is 2. The van der Waals surface area contributed by atoms with Gasteiger partial charge in [0.15, 0.2) is 5.95 Å². The van der Waals surface area contributed by atoms with Crippen LogP contribution in [-0.4, -0.2) is 48.5 Å². The van der Waals surface area contributed by atoms with Gasteiger partial charge in [0.25, 0.3) is 0 Å². The summed E-state index contributed by atoms with van der Waals surface area (Å²) in [7, 11) is 0. The van der Waals surface area contributed by atoms with Gasteiger partial charge in [-0.15, -0.1) is 0 Å². The quantitative estimate of drug-likeness (QED) is 0.531. The number of allylic oxidation sites excluding steroid dienone is 1. The maximum Gasteiger partial charge on any atom is 0.460 e. The average Bonchev–Trinajstić information content (AvgIpc) is 2.14. The van der Waals surface area contributed by atoms with Crippen molar-refractivity contribution in [2.24, 2.45) is 0 Å². The Morgan fingerprint density at radius 1 is 0.882 bits per heavy atom. The van der Waals surface area contributed by atoms with Crippen molar-refractivity contribution in [3.63, 3.8) is 0 Å². The Labute approximate surface area is 92.3 Å². The van der Waals surface area contributed by atoms with Gasteiger partial charge in [0.2, 0.25) is 0 Å². The second-order valence-electron chi connectivity index (χ2n) is 3.45. The van der Waals surface area contributed by atoms with Crippen molar-refractivity contribution in [2.45, 2.75) is 12.5 Å². The molecule has 0 N–H and O–H groups in total. The number of rotatable bonds is 1. The summed E-state index contributed by atoms with van der Waals surface area (Å²) in [4.78, 5) is 0.764. The molecule has 0 amide bonds. The molecule has 17 heavy (non-hydrogen) atoms. The largest absolute Gasteiger partial charge is 0.460 e. The summed E-state index contributed by atoms with van der Waals surface area (Å²) in [5, 5.41) is 0. The van der Waals surface area contributed by atoms with Crippen LogP contribution in [0.1, 0.15) is 0 Å². The van der Waals surface area contributed by atoms with Crippen LogP contribution in [0.4, 0.5) is 30.7 Å². The van der Waals surface area contributed by atoms with E-state index in [0.717, 1.165) is 0 Å². The summed E-state index contributed by atoms with van der Waals surface area (Å²) in [5.41, 5.74) is 0. The van der Waals surface area contributed by atoms with Gasteiger partial charge in [0.1, 0.15) is 0 Å². The third kappa shape index (κ3) is 4.41. The van der Waals surface area contributed by atoms with E-state index in [4.69, 9.17) is 0 Å². The smallest absolute Gasteiger partial charge is 0.346 e. The van der Waals surface area contributed by atoms with E-state index in [0.29, 0.717) is 4.90 Å². The van der Waals surface area contributed by atoms with E-state index >= 15 is 0 Å². The van der Waals surface area contributed by atoms with E-state index in [2.05, 4.69) is 0 Å². The number of piperazine rings is 1. The Morgan fingerprint density at radius 2 is 1.35 bits per heavy atom. The molecule has 1 aliphatic heterocycles. The molecule has 0 saturated carbocycles. The van der Waals surface area contributed by atoms with Crippen molar-refractivity contribution < 1.29 is 30.7 Å². The first-order valence-corrected chi connectivity index (χ1v) is 4.61. The predicted octanol–water partition coefficient (Wildman–Crippen LogP) is 2.50. The molecular formula is C8H9F7N2. The first-order valence-electron chi connectivity index (χ1n) is 4.61. The fourth-order valence-corrected chi connectivity index (χ4v) is 1.40. The van der Waals surface area contributed by atoms with Crippen LogP contribution < -0.4 is 0 Å². The predicted molar refractivity (Wildman–Crippen MR) is 44.4 cm³/mol. The SMILES string of the molecule is F/C(=C\C(F)(F)F)N1CCN(C(F)(F)F)CC1. The standard InChI is InChI=1S/C8H9F7N2/c9-6(5-7(10,11)12)16-1-3-17(4-2-16)8(13,14)15/h5H,1-4H2/b6-5+. The van der Waals surface area contributed by atoms with E-state index in [1.807, 2.05) is 0 Å². The van der Waals surface area contributed by atoms with Crippen molar-refractivity contribution in [3.05, 3.63) is 12.0 Å². The maximum absolute atomic E-state index is 13.0. The lowest BCUT2D eigenvalue weighted by Gasteiger charge is -2.35. The maximum atomic E-state index is 13.0. The van der Waals surface area contributed by atoms with E-state index in [9.17, 15) is 30.7 Å². The molecular weight excluding hydrogens is 257 g/mol. The second-order valence-corrected chi connectivity index (χ2v) is 3.45. The molecule has 0 radical (unpaired) electrons. The normalized spacial score (nSPS) is 20.9. The van der Waals surface area contributed by atoms with Gasteiger partial charge in [-0.3, -0.25) is 0 Å². The van der Waals surface area contributed by atoms with Gasteiger partial charge in [-0.05, 0) is 0 Å². The molecule has 1 rings (SSSR count). The zero-order chi connectivity index (χ0) is 13.3. The third-order valence-corrected chi connectivity index (χ3v) is 2.22. The molecule has 100 valence electrons. The van der Waals surface area contributed by atoms with Gasteiger partial charge in [-0.2, -0.15) is 30.7 Å². The highest BCUT2D eigenvalue weighted by atomic mass is 19.4. The van der Waals surface area contributed by atoms with E-state index < -0.39 is 50.7 Å². The van der Waals surface area contributed by atoms with Crippen LogP contribution in [0.25, 0.3) is 0 Å². The molecule has 0 atom stereocenters. The minimum Gasteiger partial charge on any atom is -0.346 e. The number of alkyl halides is 6. The lowest BCUT2D eigenvalue weighted by atomic mass is 10.3. The Morgan fingerprint density at radius 3 is 1.71 bits per heavy atom. The van der Waals surface area contributed by atoms with Gasteiger partial charge in [-0.25, -0.2) is 4.90 Å². The molecule has 0 spiro atoms. The van der Waals surface area contributed by atoms with E-state index in [1.54, 1.807) is 0 Å². The first kappa shape index (κ1) is 14.1. The van der Waals surface area contributed by atoms with Crippen molar-refractivity contribution in [1.29, 1.82) is 0 Å². The molecule has 0 unspecified atom stereocenters.